The Labute approximate surface area is 122 Å². The fourth-order valence-electron chi connectivity index (χ4n) is 1.75. The van der Waals surface area contributed by atoms with E-state index in [0.717, 1.165) is 6.42 Å². The fourth-order valence-corrected chi connectivity index (χ4v) is 1.75. The molecule has 1 aromatic heterocycles. The minimum absolute atomic E-state index is 0.196. The largest absolute Gasteiger partial charge is 0.351 e. The molecule has 0 saturated heterocycles. The van der Waals surface area contributed by atoms with Gasteiger partial charge in [-0.3, -0.25) is 4.79 Å². The number of benzene rings is 1. The third-order valence-corrected chi connectivity index (χ3v) is 2.74. The zero-order valence-electron chi connectivity index (χ0n) is 12.0. The van der Waals surface area contributed by atoms with Crippen LogP contribution in [-0.4, -0.2) is 22.4 Å². The number of nitrogens with one attached hydrogen (secondary N) is 2. The van der Waals surface area contributed by atoms with Gasteiger partial charge in [-0.25, -0.2) is 14.4 Å². The van der Waals surface area contributed by atoms with Crippen molar-refractivity contribution in [3.8, 4) is 0 Å². The van der Waals surface area contributed by atoms with E-state index in [0.29, 0.717) is 12.2 Å². The monoisotopic (exact) mass is 288 g/mol. The number of para-hydroxylation sites is 1. The van der Waals surface area contributed by atoms with E-state index in [1.807, 2.05) is 6.92 Å². The van der Waals surface area contributed by atoms with Crippen molar-refractivity contribution in [2.45, 2.75) is 20.3 Å². The number of amides is 1. The molecule has 6 heteroatoms. The van der Waals surface area contributed by atoms with Crippen LogP contribution in [0.25, 0.3) is 0 Å². The van der Waals surface area contributed by atoms with Gasteiger partial charge in [0.15, 0.2) is 0 Å². The lowest BCUT2D eigenvalue weighted by molar-refractivity contribution is 0.0948. The van der Waals surface area contributed by atoms with Gasteiger partial charge in [0, 0.05) is 12.2 Å². The molecule has 1 amide bonds. The first-order chi connectivity index (χ1) is 10.1. The highest BCUT2D eigenvalue weighted by molar-refractivity contribution is 5.92. The van der Waals surface area contributed by atoms with Crippen LogP contribution in [0.2, 0.25) is 0 Å². The van der Waals surface area contributed by atoms with Crippen molar-refractivity contribution >= 4 is 17.5 Å². The molecule has 0 saturated carbocycles. The van der Waals surface area contributed by atoms with Crippen molar-refractivity contribution in [2.75, 3.05) is 11.9 Å². The lowest BCUT2D eigenvalue weighted by Gasteiger charge is -2.09. The molecule has 1 heterocycles. The van der Waals surface area contributed by atoms with Gasteiger partial charge >= 0.3 is 0 Å². The summed E-state index contributed by atoms with van der Waals surface area (Å²) >= 11 is 0. The highest BCUT2D eigenvalue weighted by Gasteiger charge is 2.11. The minimum atomic E-state index is -0.403. The fraction of sp³-hybridized carbons (Fsp3) is 0.267. The Morgan fingerprint density at radius 2 is 2.05 bits per heavy atom. The summed E-state index contributed by atoms with van der Waals surface area (Å²) in [6.07, 6.45) is 0.843. The van der Waals surface area contributed by atoms with E-state index in [1.54, 1.807) is 31.2 Å². The Morgan fingerprint density at radius 3 is 2.76 bits per heavy atom. The smallest absolute Gasteiger partial charge is 0.270 e. The molecule has 110 valence electrons. The van der Waals surface area contributed by atoms with Gasteiger partial charge in [-0.1, -0.05) is 19.1 Å². The molecule has 2 rings (SSSR count). The first-order valence-corrected chi connectivity index (χ1v) is 6.75. The first kappa shape index (κ1) is 14.9. The van der Waals surface area contributed by atoms with Crippen molar-refractivity contribution in [1.82, 2.24) is 15.3 Å². The molecular formula is C15H17FN4O. The van der Waals surface area contributed by atoms with E-state index in [4.69, 9.17) is 0 Å². The molecule has 0 radical (unpaired) electrons. The quantitative estimate of drug-likeness (QED) is 0.888. The second-order valence-corrected chi connectivity index (χ2v) is 4.58. The summed E-state index contributed by atoms with van der Waals surface area (Å²) in [6, 6.07) is 7.82. The van der Waals surface area contributed by atoms with Gasteiger partial charge in [0.1, 0.15) is 11.5 Å². The minimum Gasteiger partial charge on any atom is -0.351 e. The van der Waals surface area contributed by atoms with Gasteiger partial charge in [0.05, 0.1) is 5.69 Å². The standard InChI is InChI=1S/C15H17FN4O/c1-3-8-17-14(21)13-9-10(2)18-15(20-13)19-12-7-5-4-6-11(12)16/h4-7,9H,3,8H2,1-2H3,(H,17,21)(H,18,19,20). The van der Waals surface area contributed by atoms with E-state index in [9.17, 15) is 9.18 Å². The van der Waals surface area contributed by atoms with Crippen molar-refractivity contribution in [3.05, 3.63) is 47.5 Å². The lowest BCUT2D eigenvalue weighted by atomic mass is 10.3. The normalized spacial score (nSPS) is 10.2. The number of hydrogen-bond acceptors (Lipinski definition) is 4. The van der Waals surface area contributed by atoms with Crippen LogP contribution in [0.15, 0.2) is 30.3 Å². The molecule has 2 N–H and O–H groups in total. The number of nitrogens with zero attached hydrogens (tertiary/aromatic N) is 2. The van der Waals surface area contributed by atoms with Crippen LogP contribution in [0.4, 0.5) is 16.0 Å². The van der Waals surface area contributed by atoms with Crippen LogP contribution < -0.4 is 10.6 Å². The van der Waals surface area contributed by atoms with Crippen LogP contribution in [-0.2, 0) is 0 Å². The maximum absolute atomic E-state index is 13.6. The van der Waals surface area contributed by atoms with Crippen LogP contribution in [0.3, 0.4) is 0 Å². The third kappa shape index (κ3) is 3.98. The zero-order chi connectivity index (χ0) is 15.2. The Morgan fingerprint density at radius 1 is 1.29 bits per heavy atom. The summed E-state index contributed by atoms with van der Waals surface area (Å²) in [6.45, 7) is 4.31. The number of aryl methyl sites for hydroxylation is 1. The number of carbonyl (C=O) groups is 1. The summed E-state index contributed by atoms with van der Waals surface area (Å²) in [5, 5.41) is 5.53. The summed E-state index contributed by atoms with van der Waals surface area (Å²) in [4.78, 5) is 20.2. The van der Waals surface area contributed by atoms with E-state index in [-0.39, 0.29) is 23.2 Å². The lowest BCUT2D eigenvalue weighted by Crippen LogP contribution is -2.25. The topological polar surface area (TPSA) is 66.9 Å². The average molecular weight is 288 g/mol. The molecule has 0 aliphatic heterocycles. The van der Waals surface area contributed by atoms with Crippen molar-refractivity contribution < 1.29 is 9.18 Å². The summed E-state index contributed by atoms with van der Waals surface area (Å²) < 4.78 is 13.6. The molecule has 0 atom stereocenters. The average Bonchev–Trinajstić information content (AvgIpc) is 2.46. The number of anilines is 2. The number of hydrogen-bond donors (Lipinski definition) is 2. The second-order valence-electron chi connectivity index (χ2n) is 4.58. The van der Waals surface area contributed by atoms with Crippen LogP contribution in [0, 0.1) is 12.7 Å². The van der Waals surface area contributed by atoms with Crippen molar-refractivity contribution in [3.63, 3.8) is 0 Å². The predicted octanol–water partition coefficient (Wildman–Crippen LogP) is 2.81. The highest BCUT2D eigenvalue weighted by Crippen LogP contribution is 2.17. The van der Waals surface area contributed by atoms with Gasteiger partial charge in [0.2, 0.25) is 5.95 Å². The Balaban J connectivity index is 2.23. The maximum Gasteiger partial charge on any atom is 0.270 e. The van der Waals surface area contributed by atoms with Gasteiger partial charge in [-0.15, -0.1) is 0 Å². The molecule has 0 bridgehead atoms. The van der Waals surface area contributed by atoms with Gasteiger partial charge < -0.3 is 10.6 Å². The highest BCUT2D eigenvalue weighted by atomic mass is 19.1. The second kappa shape index (κ2) is 6.78. The Hall–Kier alpha value is -2.50. The molecule has 5 nitrogen and oxygen atoms in total. The molecule has 1 aromatic carbocycles. The van der Waals surface area contributed by atoms with Gasteiger partial charge in [0.25, 0.3) is 5.91 Å². The maximum atomic E-state index is 13.6. The van der Waals surface area contributed by atoms with Crippen LogP contribution in [0.1, 0.15) is 29.5 Å². The zero-order valence-corrected chi connectivity index (χ0v) is 12.0. The molecule has 0 aliphatic rings. The number of rotatable bonds is 5. The SMILES string of the molecule is CCCNC(=O)c1cc(C)nc(Nc2ccccc2F)n1. The molecule has 0 aliphatic carbocycles. The summed E-state index contributed by atoms with van der Waals surface area (Å²) in [5.41, 5.74) is 1.16. The van der Waals surface area contributed by atoms with Crippen molar-refractivity contribution in [2.24, 2.45) is 0 Å². The number of carbonyl (C=O) groups excluding carboxylic acids is 1. The van der Waals surface area contributed by atoms with E-state index in [2.05, 4.69) is 20.6 Å². The molecule has 21 heavy (non-hydrogen) atoms. The van der Waals surface area contributed by atoms with Crippen LogP contribution in [0.5, 0.6) is 0 Å². The molecule has 0 fully saturated rings. The summed E-state index contributed by atoms with van der Waals surface area (Å²) in [5.74, 6) is -0.472. The van der Waals surface area contributed by atoms with E-state index < -0.39 is 5.82 Å². The van der Waals surface area contributed by atoms with Crippen molar-refractivity contribution in [1.29, 1.82) is 0 Å². The molecule has 0 unspecified atom stereocenters. The molecular weight excluding hydrogens is 271 g/mol. The summed E-state index contributed by atoms with van der Waals surface area (Å²) in [7, 11) is 0. The van der Waals surface area contributed by atoms with E-state index in [1.165, 1.54) is 6.07 Å². The van der Waals surface area contributed by atoms with Gasteiger partial charge in [-0.05, 0) is 31.5 Å². The first-order valence-electron chi connectivity index (χ1n) is 6.75. The molecule has 0 spiro atoms. The Bertz CT molecular complexity index is 645. The predicted molar refractivity (Wildman–Crippen MR) is 79.1 cm³/mol. The number of aromatic nitrogens is 2. The number of halogens is 1. The third-order valence-electron chi connectivity index (χ3n) is 2.74. The Kier molecular flexibility index (Phi) is 4.81. The van der Waals surface area contributed by atoms with Crippen LogP contribution >= 0.6 is 0 Å². The van der Waals surface area contributed by atoms with Gasteiger partial charge in [-0.2, -0.15) is 0 Å². The molecule has 2 aromatic rings. The van der Waals surface area contributed by atoms with E-state index >= 15 is 0 Å².